The summed E-state index contributed by atoms with van der Waals surface area (Å²) in [5.74, 6) is 3.20. The molecule has 0 N–H and O–H groups in total. The van der Waals surface area contributed by atoms with E-state index in [1.54, 1.807) is 0 Å². The number of thiophene rings is 2. The van der Waals surface area contributed by atoms with Crippen LogP contribution in [-0.4, -0.2) is 0 Å². The van der Waals surface area contributed by atoms with Gasteiger partial charge in [0.25, 0.3) is 0 Å². The van der Waals surface area contributed by atoms with Gasteiger partial charge in [-0.3, -0.25) is 0 Å². The van der Waals surface area contributed by atoms with Crippen molar-refractivity contribution in [3.05, 3.63) is 188 Å². The Bertz CT molecular complexity index is 3440. The quantitative estimate of drug-likeness (QED) is 0.165. The van der Waals surface area contributed by atoms with Gasteiger partial charge in [0, 0.05) is 51.0 Å². The average Bonchev–Trinajstić information content (AvgIpc) is 3.88. The van der Waals surface area contributed by atoms with Gasteiger partial charge in [-0.1, -0.05) is 139 Å². The molecule has 0 radical (unpaired) electrons. The van der Waals surface area contributed by atoms with Crippen molar-refractivity contribution >= 4 is 96.8 Å². The first-order chi connectivity index (χ1) is 29.6. The molecule has 6 heteroatoms. The Labute approximate surface area is 359 Å². The van der Waals surface area contributed by atoms with Gasteiger partial charge in [0.1, 0.15) is 23.0 Å². The van der Waals surface area contributed by atoms with Gasteiger partial charge in [-0.15, -0.1) is 22.7 Å². The summed E-state index contributed by atoms with van der Waals surface area (Å²) in [5.41, 5.74) is 9.35. The monoisotopic (exact) mass is 838 g/mol. The zero-order valence-electron chi connectivity index (χ0n) is 31.9. The smallest absolute Gasteiger partial charge is 0.140 e. The summed E-state index contributed by atoms with van der Waals surface area (Å²) in [6.07, 6.45) is 0. The van der Waals surface area contributed by atoms with E-state index in [1.165, 1.54) is 62.6 Å². The molecule has 0 atom stereocenters. The first kappa shape index (κ1) is 34.5. The molecule has 0 aliphatic carbocycles. The normalized spacial score (nSPS) is 13.5. The number of benzene rings is 9. The fourth-order valence-electron chi connectivity index (χ4n) is 9.34. The Hall–Kier alpha value is -6.33. The summed E-state index contributed by atoms with van der Waals surface area (Å²) >= 11 is 10.7. The molecule has 0 unspecified atom stereocenters. The molecule has 0 fully saturated rings. The highest BCUT2D eigenvalue weighted by Gasteiger charge is 2.42. The summed E-state index contributed by atoms with van der Waals surface area (Å²) in [6.45, 7) is 0. The van der Waals surface area contributed by atoms with Crippen LogP contribution in [0.3, 0.4) is 0 Å². The van der Waals surface area contributed by atoms with Crippen molar-refractivity contribution in [3.63, 3.8) is 0 Å². The van der Waals surface area contributed by atoms with Gasteiger partial charge >= 0.3 is 0 Å². The summed E-state index contributed by atoms with van der Waals surface area (Å²) in [4.78, 5) is 0. The van der Waals surface area contributed by atoms with E-state index in [9.17, 15) is 0 Å². The van der Waals surface area contributed by atoms with Crippen molar-refractivity contribution < 1.29 is 9.47 Å². The summed E-state index contributed by atoms with van der Waals surface area (Å²) < 4.78 is 18.8. The highest BCUT2D eigenvalue weighted by Crippen LogP contribution is 2.59. The molecule has 0 spiro atoms. The molecule has 2 aromatic heterocycles. The third kappa shape index (κ3) is 5.08. The molecule has 11 aromatic rings. The second-order valence-electron chi connectivity index (χ2n) is 15.5. The predicted molar refractivity (Wildman–Crippen MR) is 260 cm³/mol. The van der Waals surface area contributed by atoms with Crippen LogP contribution in [0.5, 0.6) is 23.0 Å². The number of rotatable bonds is 4. The maximum absolute atomic E-state index is 6.95. The third-order valence-electron chi connectivity index (χ3n) is 12.1. The fourth-order valence-corrected chi connectivity index (χ4v) is 16.3. The minimum atomic E-state index is -2.55. The van der Waals surface area contributed by atoms with Crippen LogP contribution < -0.4 is 25.4 Å². The van der Waals surface area contributed by atoms with Gasteiger partial charge in [0.2, 0.25) is 0 Å². The second kappa shape index (κ2) is 13.1. The third-order valence-corrected chi connectivity index (χ3v) is 19.5. The van der Waals surface area contributed by atoms with E-state index in [4.69, 9.17) is 21.3 Å². The van der Waals surface area contributed by atoms with Crippen LogP contribution in [0, 0.1) is 0 Å². The fraction of sp³-hybridized carbons (Fsp3) is 0. The van der Waals surface area contributed by atoms with E-state index < -0.39 is 6.04 Å². The van der Waals surface area contributed by atoms with E-state index in [-0.39, 0.29) is 0 Å². The van der Waals surface area contributed by atoms with Crippen LogP contribution in [0.25, 0.3) is 84.9 Å². The lowest BCUT2D eigenvalue weighted by Crippen LogP contribution is -2.34. The lowest BCUT2D eigenvalue weighted by atomic mass is 9.98. The lowest BCUT2D eigenvalue weighted by Gasteiger charge is -2.37. The summed E-state index contributed by atoms with van der Waals surface area (Å²) in [5, 5.41) is 8.34. The van der Waals surface area contributed by atoms with E-state index >= 15 is 0 Å². The van der Waals surface area contributed by atoms with Crippen molar-refractivity contribution in [3.8, 4) is 67.5 Å². The zero-order valence-corrected chi connectivity index (χ0v) is 35.2. The van der Waals surface area contributed by atoms with Crippen LogP contribution in [-0.2, 0) is 11.8 Å². The molecule has 60 heavy (non-hydrogen) atoms. The van der Waals surface area contributed by atoms with Gasteiger partial charge in [0.15, 0.2) is 0 Å². The topological polar surface area (TPSA) is 18.5 Å². The van der Waals surface area contributed by atoms with E-state index in [0.29, 0.717) is 0 Å². The van der Waals surface area contributed by atoms with Crippen molar-refractivity contribution in [1.82, 2.24) is 0 Å². The Kier molecular flexibility index (Phi) is 7.53. The number of ether oxygens (including phenoxy) is 2. The highest BCUT2D eigenvalue weighted by atomic mass is 32.4. The Morgan fingerprint density at radius 3 is 1.28 bits per heavy atom. The maximum Gasteiger partial charge on any atom is 0.140 e. The van der Waals surface area contributed by atoms with Crippen LogP contribution in [0.1, 0.15) is 0 Å². The van der Waals surface area contributed by atoms with Crippen LogP contribution in [0.4, 0.5) is 0 Å². The molecule has 9 aromatic carbocycles. The largest absolute Gasteiger partial charge is 0.456 e. The van der Waals surface area contributed by atoms with Crippen molar-refractivity contribution in [2.45, 2.75) is 0 Å². The van der Waals surface area contributed by atoms with Gasteiger partial charge < -0.3 is 9.47 Å². The Morgan fingerprint density at radius 1 is 0.350 bits per heavy atom. The summed E-state index contributed by atoms with van der Waals surface area (Å²) in [6, 6.07) is 65.2. The number of fused-ring (bicyclic) bond motifs is 10. The molecule has 0 amide bonds. The zero-order chi connectivity index (χ0) is 39.5. The number of hydrogen-bond donors (Lipinski definition) is 0. The first-order valence-electron chi connectivity index (χ1n) is 20.0. The average molecular weight is 839 g/mol. The molecule has 0 saturated carbocycles. The molecule has 2 aliphatic rings. The molecular weight excluding hydrogens is 808 g/mol. The second-order valence-corrected chi connectivity index (χ2v) is 21.9. The minimum Gasteiger partial charge on any atom is -0.456 e. The molecule has 282 valence electrons. The van der Waals surface area contributed by atoms with Gasteiger partial charge in [-0.05, 0) is 105 Å². The van der Waals surface area contributed by atoms with E-state index in [1.807, 2.05) is 40.9 Å². The van der Waals surface area contributed by atoms with Crippen LogP contribution in [0.2, 0.25) is 0 Å². The molecule has 0 bridgehead atoms. The van der Waals surface area contributed by atoms with E-state index in [0.717, 1.165) is 61.2 Å². The molecule has 2 nitrogen and oxygen atoms in total. The summed E-state index contributed by atoms with van der Waals surface area (Å²) in [7, 11) is 0. The minimum absolute atomic E-state index is 0.781. The highest BCUT2D eigenvalue weighted by molar-refractivity contribution is 8.26. The Morgan fingerprint density at radius 2 is 0.767 bits per heavy atom. The van der Waals surface area contributed by atoms with Crippen molar-refractivity contribution in [2.24, 2.45) is 0 Å². The molecule has 4 heterocycles. The lowest BCUT2D eigenvalue weighted by molar-refractivity contribution is 0.466. The predicted octanol–water partition coefficient (Wildman–Crippen LogP) is 15.1. The molecule has 0 saturated heterocycles. The van der Waals surface area contributed by atoms with Crippen LogP contribution >= 0.6 is 28.7 Å². The standard InChI is InChI=1S/C54H31O2PS3/c58-57-48-26-24-34(32-10-5-12-36(28-32)38-16-7-18-42-40-14-1-3-22-50(40)59-53(38)42)30-46(48)55-44-20-9-21-45(52(44)57)56-47-31-35(25-27-49(47)57)33-11-6-13-37(29-33)39-17-8-19-43-41-15-2-4-23-51(41)60-54(39)43/h1-31H. The maximum atomic E-state index is 6.95. The van der Waals surface area contributed by atoms with Crippen LogP contribution in [0.15, 0.2) is 188 Å². The number of hydrogen-bond acceptors (Lipinski definition) is 5. The SMILES string of the molecule is S=P12c3ccc(-c4cccc(-c5cccc6c5sc5ccccc56)c4)cc3Oc3cccc(c31)Oc1cc(-c3cccc(-c4cccc5c4sc4ccccc45)c3)ccc12. The first-order valence-corrected chi connectivity index (χ1v) is 24.4. The van der Waals surface area contributed by atoms with Crippen molar-refractivity contribution in [1.29, 1.82) is 0 Å². The Balaban J connectivity index is 0.890. The van der Waals surface area contributed by atoms with Crippen molar-refractivity contribution in [2.75, 3.05) is 0 Å². The van der Waals surface area contributed by atoms with E-state index in [2.05, 4.69) is 170 Å². The van der Waals surface area contributed by atoms with Gasteiger partial charge in [-0.2, -0.15) is 0 Å². The van der Waals surface area contributed by atoms with Gasteiger partial charge in [0.05, 0.1) is 11.3 Å². The molecule has 2 aliphatic heterocycles. The molecular formula is C54H31O2PS3. The van der Waals surface area contributed by atoms with Gasteiger partial charge in [-0.25, -0.2) is 0 Å². The molecule has 13 rings (SSSR count).